The van der Waals surface area contributed by atoms with Crippen molar-refractivity contribution in [1.82, 2.24) is 35.7 Å². The Morgan fingerprint density at radius 1 is 0.887 bits per heavy atom. The van der Waals surface area contributed by atoms with Crippen molar-refractivity contribution in [2.75, 3.05) is 6.61 Å². The minimum Gasteiger partial charge on any atom is -0.491 e. The van der Waals surface area contributed by atoms with Crippen LogP contribution in [0, 0.1) is 5.92 Å². The van der Waals surface area contributed by atoms with Crippen LogP contribution < -0.4 is 42.6 Å². The predicted molar refractivity (Wildman–Crippen MR) is 195 cm³/mol. The van der Waals surface area contributed by atoms with Crippen LogP contribution in [0.25, 0.3) is 0 Å². The lowest BCUT2D eigenvalue weighted by Gasteiger charge is -2.27. The molecule has 1 aromatic heterocycles. The van der Waals surface area contributed by atoms with Gasteiger partial charge in [0.15, 0.2) is 0 Å². The summed E-state index contributed by atoms with van der Waals surface area (Å²) >= 11 is 0. The van der Waals surface area contributed by atoms with Gasteiger partial charge in [0.05, 0.1) is 6.04 Å². The molecule has 1 aliphatic carbocycles. The summed E-state index contributed by atoms with van der Waals surface area (Å²) in [5.74, 6) is -2.38. The van der Waals surface area contributed by atoms with Crippen LogP contribution in [0.1, 0.15) is 61.6 Å². The number of aromatic nitrogens is 2. The van der Waals surface area contributed by atoms with E-state index in [1.54, 1.807) is 24.3 Å². The van der Waals surface area contributed by atoms with E-state index in [1.807, 2.05) is 44.2 Å². The number of benzene rings is 2. The van der Waals surface area contributed by atoms with E-state index in [1.165, 1.54) is 21.0 Å². The third-order valence-corrected chi connectivity index (χ3v) is 9.50. The number of ether oxygens (including phenoxy) is 1. The Hall–Kier alpha value is -5.73. The Balaban J connectivity index is 1.45. The molecule has 1 fully saturated rings. The molecular weight excluding hydrogens is 682 g/mol. The molecule has 4 atom stereocenters. The summed E-state index contributed by atoms with van der Waals surface area (Å²) in [5, 5.41) is 14.0. The first-order valence-corrected chi connectivity index (χ1v) is 17.7. The first-order chi connectivity index (χ1) is 25.2. The topological polar surface area (TPSA) is 199 Å². The molecule has 1 spiro atoms. The van der Waals surface area contributed by atoms with E-state index in [2.05, 4.69) is 26.6 Å². The molecule has 2 aromatic carbocycles. The minimum absolute atomic E-state index is 0.0217. The molecule has 0 radical (unpaired) electrons. The highest BCUT2D eigenvalue weighted by Crippen LogP contribution is 2.36. The van der Waals surface area contributed by atoms with Gasteiger partial charge in [-0.25, -0.2) is 4.79 Å². The zero-order valence-electron chi connectivity index (χ0n) is 30.6. The zero-order valence-corrected chi connectivity index (χ0v) is 30.6. The Kier molecular flexibility index (Phi) is 11.8. The maximum absolute atomic E-state index is 13.8. The van der Waals surface area contributed by atoms with Crippen LogP contribution in [-0.4, -0.2) is 75.0 Å². The second-order valence-electron chi connectivity index (χ2n) is 14.3. The number of carbonyl (C=O) groups excluding carboxylic acids is 5. The zero-order chi connectivity index (χ0) is 38.4. The summed E-state index contributed by atoms with van der Waals surface area (Å²) in [6.07, 6.45) is 1.45. The number of hydrogen-bond acceptors (Lipinski definition) is 8. The fraction of sp³-hybridized carbons (Fsp3) is 0.447. The number of nitrogens with one attached hydrogen (secondary N) is 5. The maximum atomic E-state index is 13.8. The Morgan fingerprint density at radius 2 is 1.57 bits per heavy atom. The van der Waals surface area contributed by atoms with Crippen LogP contribution in [0.2, 0.25) is 0 Å². The molecule has 0 saturated heterocycles. The van der Waals surface area contributed by atoms with Gasteiger partial charge in [-0.3, -0.25) is 37.9 Å². The molecule has 2 bridgehead atoms. The van der Waals surface area contributed by atoms with Gasteiger partial charge in [-0.2, -0.15) is 0 Å². The minimum atomic E-state index is -1.27. The van der Waals surface area contributed by atoms with Crippen molar-refractivity contribution >= 4 is 29.5 Å². The monoisotopic (exact) mass is 729 g/mol. The van der Waals surface area contributed by atoms with Crippen LogP contribution in [0.3, 0.4) is 0 Å². The summed E-state index contributed by atoms with van der Waals surface area (Å²) in [5.41, 5.74) is -1.47. The van der Waals surface area contributed by atoms with E-state index in [0.717, 1.165) is 20.8 Å². The molecular formula is C38H47N7O8. The molecule has 15 nitrogen and oxygen atoms in total. The molecule has 0 unspecified atom stereocenters. The number of amides is 5. The van der Waals surface area contributed by atoms with Gasteiger partial charge in [0, 0.05) is 33.0 Å². The number of nitrogens with zero attached hydrogens (tertiary/aromatic N) is 2. The van der Waals surface area contributed by atoms with Crippen LogP contribution in [0.5, 0.6) is 5.75 Å². The van der Waals surface area contributed by atoms with Crippen LogP contribution >= 0.6 is 0 Å². The van der Waals surface area contributed by atoms with E-state index in [4.69, 9.17) is 4.74 Å². The molecule has 5 amide bonds. The van der Waals surface area contributed by atoms with Crippen molar-refractivity contribution in [3.05, 3.63) is 98.3 Å². The predicted octanol–water partition coefficient (Wildman–Crippen LogP) is 0.229. The van der Waals surface area contributed by atoms with E-state index < -0.39 is 64.6 Å². The number of rotatable bonds is 6. The van der Waals surface area contributed by atoms with Crippen molar-refractivity contribution in [2.45, 2.75) is 82.6 Å². The van der Waals surface area contributed by atoms with Crippen molar-refractivity contribution in [3.63, 3.8) is 0 Å². The summed E-state index contributed by atoms with van der Waals surface area (Å²) in [6, 6.07) is 13.4. The van der Waals surface area contributed by atoms with Crippen molar-refractivity contribution in [2.24, 2.45) is 20.0 Å². The third-order valence-electron chi connectivity index (χ3n) is 9.50. The van der Waals surface area contributed by atoms with Crippen LogP contribution in [-0.2, 0) is 46.1 Å². The van der Waals surface area contributed by atoms with Gasteiger partial charge in [0.25, 0.3) is 11.5 Å². The van der Waals surface area contributed by atoms with E-state index in [9.17, 15) is 33.6 Å². The summed E-state index contributed by atoms with van der Waals surface area (Å²) in [7, 11) is 2.62. The molecule has 15 heteroatoms. The van der Waals surface area contributed by atoms with Gasteiger partial charge in [-0.05, 0) is 55.4 Å². The quantitative estimate of drug-likeness (QED) is 0.222. The van der Waals surface area contributed by atoms with Gasteiger partial charge < -0.3 is 31.3 Å². The standard InChI is InChI=1S/C38H47N7O8/c1-22(2)17-26-21-53-27-13-11-25(12-14-27)19-28(41-35(50)30-20-31(46)45(5)37(52)44(30)4)33(48)39-23(3)32(47)43-38(15-16-38)36(51)42-29(34(49)40-26)18-24-9-7-6-8-10-24/h6-14,20,22-23,26,28-29H,15-19,21H2,1-5H3,(H,39,48)(H,40,49)(H,41,50)(H,42,51)(H,43,47)/t23-,26+,28+,29-/m1/s1. The smallest absolute Gasteiger partial charge is 0.331 e. The van der Waals surface area contributed by atoms with E-state index in [0.29, 0.717) is 30.6 Å². The maximum Gasteiger partial charge on any atom is 0.331 e. The summed E-state index contributed by atoms with van der Waals surface area (Å²) < 4.78 is 7.95. The van der Waals surface area contributed by atoms with Crippen molar-refractivity contribution < 1.29 is 28.7 Å². The van der Waals surface area contributed by atoms with Crippen molar-refractivity contribution in [1.29, 1.82) is 0 Å². The molecule has 3 aromatic rings. The lowest BCUT2D eigenvalue weighted by atomic mass is 10.0. The third kappa shape index (κ3) is 9.58. The number of hydrogen-bond donors (Lipinski definition) is 5. The van der Waals surface area contributed by atoms with Crippen LogP contribution in [0.15, 0.2) is 70.3 Å². The lowest BCUT2D eigenvalue weighted by Crippen LogP contribution is -2.60. The average Bonchev–Trinajstić information content (AvgIpc) is 3.91. The fourth-order valence-electron chi connectivity index (χ4n) is 6.20. The molecule has 3 aliphatic rings. The van der Waals surface area contributed by atoms with Crippen molar-refractivity contribution in [3.8, 4) is 5.75 Å². The van der Waals surface area contributed by atoms with Crippen LogP contribution in [0.4, 0.5) is 0 Å². The average molecular weight is 730 g/mol. The molecule has 5 N–H and O–H groups in total. The second kappa shape index (κ2) is 16.3. The summed E-state index contributed by atoms with van der Waals surface area (Å²) in [4.78, 5) is 93.0. The normalized spacial score (nSPS) is 22.2. The molecule has 282 valence electrons. The van der Waals surface area contributed by atoms with Gasteiger partial charge in [-0.1, -0.05) is 56.3 Å². The first kappa shape index (κ1) is 38.5. The Bertz CT molecular complexity index is 1970. The van der Waals surface area contributed by atoms with E-state index >= 15 is 0 Å². The highest BCUT2D eigenvalue weighted by molar-refractivity contribution is 6.00. The Morgan fingerprint density at radius 3 is 2.21 bits per heavy atom. The first-order valence-electron chi connectivity index (χ1n) is 17.7. The SMILES string of the molecule is CC(C)C[C@H]1COc2ccc(cc2)C[C@H](NC(=O)c2cc(=O)n(C)c(=O)n2C)C(=O)N[C@H](C)C(=O)NC2(CC2)C(=O)N[C@H](Cc2ccccc2)C(=O)N1. The fourth-order valence-corrected chi connectivity index (χ4v) is 6.20. The second-order valence-corrected chi connectivity index (χ2v) is 14.3. The molecule has 6 rings (SSSR count). The van der Waals surface area contributed by atoms with Gasteiger partial charge in [0.1, 0.15) is 41.7 Å². The lowest BCUT2D eigenvalue weighted by molar-refractivity contribution is -0.134. The van der Waals surface area contributed by atoms with Gasteiger partial charge >= 0.3 is 5.69 Å². The van der Waals surface area contributed by atoms with Gasteiger partial charge in [-0.15, -0.1) is 0 Å². The molecule has 2 aliphatic heterocycles. The number of fused-ring (bicyclic) bond motifs is 15. The van der Waals surface area contributed by atoms with Gasteiger partial charge in [0.2, 0.25) is 23.6 Å². The molecule has 53 heavy (non-hydrogen) atoms. The molecule has 3 heterocycles. The number of carbonyl (C=O) groups is 5. The largest absolute Gasteiger partial charge is 0.491 e. The summed E-state index contributed by atoms with van der Waals surface area (Å²) in [6.45, 7) is 5.65. The molecule has 1 saturated carbocycles. The highest BCUT2D eigenvalue weighted by atomic mass is 16.5. The Labute approximate surface area is 306 Å². The van der Waals surface area contributed by atoms with E-state index in [-0.39, 0.29) is 37.0 Å². The highest BCUT2D eigenvalue weighted by Gasteiger charge is 2.52.